The average molecular weight is 259 g/mol. The monoisotopic (exact) mass is 259 g/mol. The SMILES string of the molecule is O=C1CCCCCC1Cc1nc2ccccc2s1. The molecular weight excluding hydrogens is 242 g/mol. The highest BCUT2D eigenvalue weighted by Gasteiger charge is 2.22. The molecule has 0 amide bonds. The van der Waals surface area contributed by atoms with E-state index in [0.717, 1.165) is 36.2 Å². The van der Waals surface area contributed by atoms with Crippen LogP contribution in [0.1, 0.15) is 37.1 Å². The minimum atomic E-state index is 0.216. The second kappa shape index (κ2) is 5.19. The molecule has 2 nitrogen and oxygen atoms in total. The molecule has 0 bridgehead atoms. The lowest BCUT2D eigenvalue weighted by Crippen LogP contribution is -2.15. The van der Waals surface area contributed by atoms with Crippen LogP contribution < -0.4 is 0 Å². The zero-order chi connectivity index (χ0) is 12.4. The number of carbonyl (C=O) groups excluding carboxylic acids is 1. The standard InChI is InChI=1S/C15H17NOS/c17-13-8-3-1-2-6-11(13)10-15-16-12-7-4-5-9-14(12)18-15/h4-5,7,9,11H,1-3,6,8,10H2. The Labute approximate surface area is 111 Å². The molecule has 1 aliphatic carbocycles. The number of rotatable bonds is 2. The third-order valence-corrected chi connectivity index (χ3v) is 4.75. The van der Waals surface area contributed by atoms with Crippen LogP contribution in [0.4, 0.5) is 0 Å². The van der Waals surface area contributed by atoms with Gasteiger partial charge in [0, 0.05) is 18.8 Å². The van der Waals surface area contributed by atoms with Crippen molar-refractivity contribution in [1.82, 2.24) is 4.98 Å². The molecule has 1 unspecified atom stereocenters. The van der Waals surface area contributed by atoms with Crippen LogP contribution in [-0.2, 0) is 11.2 Å². The van der Waals surface area contributed by atoms with Gasteiger partial charge < -0.3 is 0 Å². The fourth-order valence-corrected chi connectivity index (χ4v) is 3.71. The number of thiazole rings is 1. The molecule has 0 radical (unpaired) electrons. The van der Waals surface area contributed by atoms with Crippen LogP contribution in [-0.4, -0.2) is 10.8 Å². The van der Waals surface area contributed by atoms with Gasteiger partial charge in [-0.05, 0) is 25.0 Å². The maximum absolute atomic E-state index is 12.0. The van der Waals surface area contributed by atoms with Crippen LogP contribution in [0, 0.1) is 5.92 Å². The molecule has 0 spiro atoms. The molecule has 0 saturated heterocycles. The Hall–Kier alpha value is -1.22. The van der Waals surface area contributed by atoms with Gasteiger partial charge in [-0.25, -0.2) is 4.98 Å². The second-order valence-electron chi connectivity index (χ2n) is 5.04. The van der Waals surface area contributed by atoms with E-state index in [9.17, 15) is 4.79 Å². The third kappa shape index (κ3) is 2.46. The Morgan fingerprint density at radius 2 is 2.11 bits per heavy atom. The molecule has 0 N–H and O–H groups in total. The molecule has 3 heteroatoms. The summed E-state index contributed by atoms with van der Waals surface area (Å²) in [4.78, 5) is 16.6. The van der Waals surface area contributed by atoms with Gasteiger partial charge in [0.05, 0.1) is 15.2 Å². The fraction of sp³-hybridized carbons (Fsp3) is 0.467. The summed E-state index contributed by atoms with van der Waals surface area (Å²) in [7, 11) is 0. The van der Waals surface area contributed by atoms with Gasteiger partial charge in [-0.3, -0.25) is 4.79 Å². The summed E-state index contributed by atoms with van der Waals surface area (Å²) in [5.41, 5.74) is 1.07. The van der Waals surface area contributed by atoms with Gasteiger partial charge in [0.2, 0.25) is 0 Å². The van der Waals surface area contributed by atoms with Crippen LogP contribution in [0.15, 0.2) is 24.3 Å². The van der Waals surface area contributed by atoms with Crippen molar-refractivity contribution < 1.29 is 4.79 Å². The Morgan fingerprint density at radius 3 is 3.00 bits per heavy atom. The van der Waals surface area contributed by atoms with E-state index in [2.05, 4.69) is 11.1 Å². The summed E-state index contributed by atoms with van der Waals surface area (Å²) in [6, 6.07) is 8.21. The summed E-state index contributed by atoms with van der Waals surface area (Å²) in [6.45, 7) is 0. The lowest BCUT2D eigenvalue weighted by atomic mass is 9.96. The highest BCUT2D eigenvalue weighted by molar-refractivity contribution is 7.18. The van der Waals surface area contributed by atoms with Crippen molar-refractivity contribution in [2.45, 2.75) is 38.5 Å². The summed E-state index contributed by atoms with van der Waals surface area (Å²) in [6.07, 6.45) is 6.15. The molecule has 0 aliphatic heterocycles. The minimum absolute atomic E-state index is 0.216. The molecule has 1 aromatic carbocycles. The van der Waals surface area contributed by atoms with Gasteiger partial charge in [0.1, 0.15) is 5.78 Å². The lowest BCUT2D eigenvalue weighted by Gasteiger charge is -2.10. The van der Waals surface area contributed by atoms with Crippen LogP contribution in [0.2, 0.25) is 0 Å². The molecular formula is C15H17NOS. The Kier molecular flexibility index (Phi) is 3.41. The molecule has 1 fully saturated rings. The fourth-order valence-electron chi connectivity index (χ4n) is 2.67. The van der Waals surface area contributed by atoms with E-state index in [0.29, 0.717) is 5.78 Å². The summed E-state index contributed by atoms with van der Waals surface area (Å²) >= 11 is 1.74. The highest BCUT2D eigenvalue weighted by Crippen LogP contribution is 2.28. The number of nitrogens with zero attached hydrogens (tertiary/aromatic N) is 1. The predicted octanol–water partition coefficient (Wildman–Crippen LogP) is 3.99. The van der Waals surface area contributed by atoms with Crippen molar-refractivity contribution in [1.29, 1.82) is 0 Å². The quantitative estimate of drug-likeness (QED) is 0.763. The first-order valence-corrected chi connectivity index (χ1v) is 7.52. The van der Waals surface area contributed by atoms with Crippen molar-refractivity contribution in [3.63, 3.8) is 0 Å². The summed E-state index contributed by atoms with van der Waals surface area (Å²) < 4.78 is 1.23. The van der Waals surface area contributed by atoms with Crippen molar-refractivity contribution in [3.8, 4) is 0 Å². The molecule has 18 heavy (non-hydrogen) atoms. The lowest BCUT2D eigenvalue weighted by molar-refractivity contribution is -0.122. The van der Waals surface area contributed by atoms with E-state index >= 15 is 0 Å². The summed E-state index contributed by atoms with van der Waals surface area (Å²) in [5, 5.41) is 1.12. The minimum Gasteiger partial charge on any atom is -0.299 e. The van der Waals surface area contributed by atoms with Gasteiger partial charge >= 0.3 is 0 Å². The molecule has 1 aromatic heterocycles. The first kappa shape index (κ1) is 11.8. The average Bonchev–Trinajstić information content (AvgIpc) is 2.68. The third-order valence-electron chi connectivity index (χ3n) is 3.69. The topological polar surface area (TPSA) is 30.0 Å². The maximum atomic E-state index is 12.0. The first-order valence-electron chi connectivity index (χ1n) is 6.70. The number of ketones is 1. The largest absolute Gasteiger partial charge is 0.299 e. The van der Waals surface area contributed by atoms with Gasteiger partial charge in [-0.1, -0.05) is 25.0 Å². The number of Topliss-reactive ketones (excluding diaryl/α,β-unsaturated/α-hetero) is 1. The van der Waals surface area contributed by atoms with Gasteiger partial charge in [0.15, 0.2) is 0 Å². The highest BCUT2D eigenvalue weighted by atomic mass is 32.1. The Bertz CT molecular complexity index is 527. The zero-order valence-corrected chi connectivity index (χ0v) is 11.2. The second-order valence-corrected chi connectivity index (χ2v) is 6.16. The van der Waals surface area contributed by atoms with Crippen molar-refractivity contribution in [3.05, 3.63) is 29.3 Å². The molecule has 1 heterocycles. The number of carbonyl (C=O) groups is 1. The van der Waals surface area contributed by atoms with E-state index in [4.69, 9.17) is 0 Å². The van der Waals surface area contributed by atoms with E-state index in [1.54, 1.807) is 11.3 Å². The molecule has 1 saturated carbocycles. The smallest absolute Gasteiger partial charge is 0.136 e. The van der Waals surface area contributed by atoms with Gasteiger partial charge in [0.25, 0.3) is 0 Å². The number of hydrogen-bond donors (Lipinski definition) is 0. The number of aromatic nitrogens is 1. The van der Waals surface area contributed by atoms with Crippen LogP contribution in [0.25, 0.3) is 10.2 Å². The maximum Gasteiger partial charge on any atom is 0.136 e. The van der Waals surface area contributed by atoms with Gasteiger partial charge in [-0.15, -0.1) is 11.3 Å². The van der Waals surface area contributed by atoms with Gasteiger partial charge in [-0.2, -0.15) is 0 Å². The van der Waals surface area contributed by atoms with E-state index in [-0.39, 0.29) is 5.92 Å². The number of hydrogen-bond acceptors (Lipinski definition) is 3. The molecule has 1 aliphatic rings. The molecule has 1 atom stereocenters. The Balaban J connectivity index is 1.80. The van der Waals surface area contributed by atoms with Crippen LogP contribution in [0.5, 0.6) is 0 Å². The zero-order valence-electron chi connectivity index (χ0n) is 10.4. The number of para-hydroxylation sites is 1. The molecule has 94 valence electrons. The van der Waals surface area contributed by atoms with Crippen molar-refractivity contribution in [2.24, 2.45) is 5.92 Å². The number of benzene rings is 1. The van der Waals surface area contributed by atoms with Crippen molar-refractivity contribution in [2.75, 3.05) is 0 Å². The Morgan fingerprint density at radius 1 is 1.22 bits per heavy atom. The van der Waals surface area contributed by atoms with E-state index < -0.39 is 0 Å². The normalized spacial score (nSPS) is 21.1. The van der Waals surface area contributed by atoms with Crippen LogP contribution in [0.3, 0.4) is 0 Å². The first-order chi connectivity index (χ1) is 8.83. The van der Waals surface area contributed by atoms with E-state index in [1.807, 2.05) is 18.2 Å². The number of fused-ring (bicyclic) bond motifs is 1. The molecule has 3 rings (SSSR count). The molecule has 2 aromatic rings. The van der Waals surface area contributed by atoms with Crippen LogP contribution >= 0.6 is 11.3 Å². The summed E-state index contributed by atoms with van der Waals surface area (Å²) in [5.74, 6) is 0.666. The van der Waals surface area contributed by atoms with Crippen molar-refractivity contribution >= 4 is 27.3 Å². The predicted molar refractivity (Wildman–Crippen MR) is 74.9 cm³/mol. The van der Waals surface area contributed by atoms with E-state index in [1.165, 1.54) is 17.5 Å².